The summed E-state index contributed by atoms with van der Waals surface area (Å²) in [5, 5.41) is 23.5. The normalized spacial score (nSPS) is 17.9. The quantitative estimate of drug-likeness (QED) is 0.601. The van der Waals surface area contributed by atoms with Crippen LogP contribution in [0.3, 0.4) is 0 Å². The maximum absolute atomic E-state index is 12.8. The summed E-state index contributed by atoms with van der Waals surface area (Å²) in [5.74, 6) is -3.05. The van der Waals surface area contributed by atoms with Gasteiger partial charge in [0.05, 0.1) is 11.8 Å². The lowest BCUT2D eigenvalue weighted by Gasteiger charge is -2.37. The Hall–Kier alpha value is -2.41. The Morgan fingerprint density at radius 3 is 2.26 bits per heavy atom. The van der Waals surface area contributed by atoms with Gasteiger partial charge in [0.1, 0.15) is 6.04 Å². The molecule has 0 radical (unpaired) electrons. The molecule has 23 heavy (non-hydrogen) atoms. The predicted molar refractivity (Wildman–Crippen MR) is 82.0 cm³/mol. The Balaban J connectivity index is 2.27. The molecule has 1 saturated heterocycles. The Morgan fingerprint density at radius 1 is 1.13 bits per heavy atom. The van der Waals surface area contributed by atoms with Crippen molar-refractivity contribution in [2.75, 3.05) is 13.1 Å². The third-order valence-corrected chi connectivity index (χ3v) is 4.20. The van der Waals surface area contributed by atoms with Gasteiger partial charge in [0, 0.05) is 0 Å². The van der Waals surface area contributed by atoms with E-state index in [1.165, 1.54) is 0 Å². The van der Waals surface area contributed by atoms with E-state index in [0.717, 1.165) is 5.56 Å². The Labute approximate surface area is 133 Å². The minimum Gasteiger partial charge on any atom is -0.481 e. The number of aliphatic carboxylic acids is 2. The lowest BCUT2D eigenvalue weighted by molar-refractivity contribution is -0.148. The summed E-state index contributed by atoms with van der Waals surface area (Å²) in [6.45, 7) is 1.28. The highest BCUT2D eigenvalue weighted by atomic mass is 16.4. The first kappa shape index (κ1) is 17.0. The molecule has 0 spiro atoms. The van der Waals surface area contributed by atoms with Gasteiger partial charge in [0.15, 0.2) is 0 Å². The lowest BCUT2D eigenvalue weighted by Crippen LogP contribution is -2.54. The highest BCUT2D eigenvalue weighted by Crippen LogP contribution is 2.34. The maximum Gasteiger partial charge on any atom is 0.326 e. The van der Waals surface area contributed by atoms with Crippen molar-refractivity contribution in [1.82, 2.24) is 10.6 Å². The molecule has 1 amide bonds. The van der Waals surface area contributed by atoms with Gasteiger partial charge in [-0.3, -0.25) is 9.59 Å². The molecule has 124 valence electrons. The summed E-state index contributed by atoms with van der Waals surface area (Å²) in [6, 6.07) is 7.77. The van der Waals surface area contributed by atoms with Gasteiger partial charge < -0.3 is 20.8 Å². The number of benzene rings is 1. The second-order valence-corrected chi connectivity index (χ2v) is 5.66. The molecule has 1 fully saturated rings. The Bertz CT molecular complexity index is 581. The van der Waals surface area contributed by atoms with Gasteiger partial charge >= 0.3 is 11.9 Å². The second kappa shape index (κ2) is 7.23. The van der Waals surface area contributed by atoms with Crippen LogP contribution in [-0.4, -0.2) is 47.2 Å². The number of nitrogens with one attached hydrogen (secondary N) is 2. The highest BCUT2D eigenvalue weighted by Gasteiger charge is 2.42. The van der Waals surface area contributed by atoms with Crippen LogP contribution in [0.15, 0.2) is 30.3 Å². The minimum atomic E-state index is -1.43. The smallest absolute Gasteiger partial charge is 0.326 e. The van der Waals surface area contributed by atoms with Gasteiger partial charge in [-0.2, -0.15) is 0 Å². The SMILES string of the molecule is O=C(O)C[C@@H](NC(=O)C1(c2ccccc2)CCNCC1)C(=O)O. The molecule has 0 bridgehead atoms. The standard InChI is InChI=1S/C16H20N2O5/c19-13(20)10-12(14(21)22)18-15(23)16(6-8-17-9-7-16)11-4-2-1-3-5-11/h1-5,12,17H,6-10H2,(H,18,23)(H,19,20)(H,21,22)/t12-/m1/s1. The number of piperidine rings is 1. The topological polar surface area (TPSA) is 116 Å². The Kier molecular flexibility index (Phi) is 5.33. The number of hydrogen-bond donors (Lipinski definition) is 4. The van der Waals surface area contributed by atoms with Crippen LogP contribution in [0.1, 0.15) is 24.8 Å². The van der Waals surface area contributed by atoms with Crippen molar-refractivity contribution in [3.63, 3.8) is 0 Å². The molecule has 1 aliphatic heterocycles. The van der Waals surface area contributed by atoms with E-state index >= 15 is 0 Å². The van der Waals surface area contributed by atoms with Crippen molar-refractivity contribution in [2.24, 2.45) is 0 Å². The number of rotatable bonds is 6. The fourth-order valence-corrected chi connectivity index (χ4v) is 2.93. The first-order chi connectivity index (χ1) is 11.0. The zero-order chi connectivity index (χ0) is 16.9. The summed E-state index contributed by atoms with van der Waals surface area (Å²) < 4.78 is 0. The molecule has 0 saturated carbocycles. The highest BCUT2D eigenvalue weighted by molar-refractivity contribution is 5.93. The van der Waals surface area contributed by atoms with Crippen molar-refractivity contribution >= 4 is 17.8 Å². The van der Waals surface area contributed by atoms with E-state index < -0.39 is 35.7 Å². The van der Waals surface area contributed by atoms with Crippen molar-refractivity contribution in [2.45, 2.75) is 30.7 Å². The molecule has 1 aromatic carbocycles. The third-order valence-electron chi connectivity index (χ3n) is 4.20. The van der Waals surface area contributed by atoms with Crippen molar-refractivity contribution < 1.29 is 24.6 Å². The van der Waals surface area contributed by atoms with Crippen molar-refractivity contribution in [3.05, 3.63) is 35.9 Å². The van der Waals surface area contributed by atoms with Gasteiger partial charge in [0.25, 0.3) is 0 Å². The number of carbonyl (C=O) groups excluding carboxylic acids is 1. The molecule has 2 rings (SSSR count). The summed E-state index contributed by atoms with van der Waals surface area (Å²) in [7, 11) is 0. The van der Waals surface area contributed by atoms with Crippen LogP contribution in [-0.2, 0) is 19.8 Å². The molecule has 1 heterocycles. The number of hydrogen-bond acceptors (Lipinski definition) is 4. The molecular formula is C16H20N2O5. The van der Waals surface area contributed by atoms with E-state index in [1.54, 1.807) is 0 Å². The molecule has 1 atom stereocenters. The molecule has 0 aromatic heterocycles. The van der Waals surface area contributed by atoms with E-state index in [1.807, 2.05) is 30.3 Å². The maximum atomic E-state index is 12.8. The van der Waals surface area contributed by atoms with Gasteiger partial charge in [0.2, 0.25) is 5.91 Å². The van der Waals surface area contributed by atoms with E-state index in [2.05, 4.69) is 10.6 Å². The van der Waals surface area contributed by atoms with Gasteiger partial charge in [-0.05, 0) is 31.5 Å². The summed E-state index contributed by atoms with van der Waals surface area (Å²) in [4.78, 5) is 34.8. The summed E-state index contributed by atoms with van der Waals surface area (Å²) in [5.41, 5.74) is -0.0166. The number of carbonyl (C=O) groups is 3. The molecule has 7 nitrogen and oxygen atoms in total. The molecule has 1 aliphatic rings. The summed E-state index contributed by atoms with van der Waals surface area (Å²) in [6.07, 6.45) is 0.411. The summed E-state index contributed by atoms with van der Waals surface area (Å²) >= 11 is 0. The van der Waals surface area contributed by atoms with Crippen LogP contribution < -0.4 is 10.6 Å². The lowest BCUT2D eigenvalue weighted by atomic mass is 9.72. The second-order valence-electron chi connectivity index (χ2n) is 5.66. The first-order valence-corrected chi connectivity index (χ1v) is 7.47. The van der Waals surface area contributed by atoms with Crippen molar-refractivity contribution in [1.29, 1.82) is 0 Å². The monoisotopic (exact) mass is 320 g/mol. The minimum absolute atomic E-state index is 0.432. The molecule has 1 aromatic rings. The van der Waals surface area contributed by atoms with Crippen LogP contribution in [0.4, 0.5) is 0 Å². The van der Waals surface area contributed by atoms with Crippen LogP contribution >= 0.6 is 0 Å². The van der Waals surface area contributed by atoms with E-state index in [9.17, 15) is 14.4 Å². The van der Waals surface area contributed by atoms with E-state index in [4.69, 9.17) is 10.2 Å². The zero-order valence-electron chi connectivity index (χ0n) is 12.6. The molecule has 0 aliphatic carbocycles. The molecule has 0 unspecified atom stereocenters. The predicted octanol–water partition coefficient (Wildman–Crippen LogP) is 0.352. The van der Waals surface area contributed by atoms with Crippen molar-refractivity contribution in [3.8, 4) is 0 Å². The van der Waals surface area contributed by atoms with E-state index in [-0.39, 0.29) is 0 Å². The van der Waals surface area contributed by atoms with E-state index in [0.29, 0.717) is 25.9 Å². The Morgan fingerprint density at radius 2 is 1.74 bits per heavy atom. The third kappa shape index (κ3) is 3.87. The van der Waals surface area contributed by atoms with Crippen LogP contribution in [0.25, 0.3) is 0 Å². The average molecular weight is 320 g/mol. The first-order valence-electron chi connectivity index (χ1n) is 7.47. The van der Waals surface area contributed by atoms with Gasteiger partial charge in [-0.15, -0.1) is 0 Å². The van der Waals surface area contributed by atoms with Crippen LogP contribution in [0.5, 0.6) is 0 Å². The fraction of sp³-hybridized carbons (Fsp3) is 0.438. The number of carboxylic acid groups (broad SMARTS) is 2. The molecule has 4 N–H and O–H groups in total. The number of carboxylic acids is 2. The van der Waals surface area contributed by atoms with Gasteiger partial charge in [-0.25, -0.2) is 4.79 Å². The van der Waals surface area contributed by atoms with Crippen LogP contribution in [0.2, 0.25) is 0 Å². The zero-order valence-corrected chi connectivity index (χ0v) is 12.6. The molecular weight excluding hydrogens is 300 g/mol. The van der Waals surface area contributed by atoms with Gasteiger partial charge in [-0.1, -0.05) is 30.3 Å². The fourth-order valence-electron chi connectivity index (χ4n) is 2.93. The van der Waals surface area contributed by atoms with Crippen LogP contribution in [0, 0.1) is 0 Å². The number of amides is 1. The largest absolute Gasteiger partial charge is 0.481 e. The molecule has 7 heteroatoms. The average Bonchev–Trinajstić information content (AvgIpc) is 2.55.